The Bertz CT molecular complexity index is 1020. The van der Waals surface area contributed by atoms with E-state index in [9.17, 15) is 0 Å². The first-order chi connectivity index (χ1) is 15.1. The van der Waals surface area contributed by atoms with Gasteiger partial charge < -0.3 is 29.8 Å². The van der Waals surface area contributed by atoms with Gasteiger partial charge in [0.05, 0.1) is 27.9 Å². The number of nitrogens with zero attached hydrogens (tertiary/aromatic N) is 1. The molecule has 8 heteroatoms. The van der Waals surface area contributed by atoms with Crippen molar-refractivity contribution in [1.82, 2.24) is 15.6 Å². The van der Waals surface area contributed by atoms with Gasteiger partial charge in [0.1, 0.15) is 0 Å². The molecule has 2 aromatic carbocycles. The van der Waals surface area contributed by atoms with Gasteiger partial charge >= 0.3 is 0 Å². The number of guanidine groups is 1. The molecule has 0 aliphatic carbocycles. The van der Waals surface area contributed by atoms with Gasteiger partial charge in [-0.05, 0) is 55.2 Å². The molecule has 0 aliphatic heterocycles. The number of hydrogen-bond donors (Lipinski definition) is 3. The molecule has 0 unspecified atom stereocenters. The van der Waals surface area contributed by atoms with E-state index in [2.05, 4.69) is 53.9 Å². The third-order valence-electron chi connectivity index (χ3n) is 5.17. The number of H-pyrrole nitrogens is 1. The van der Waals surface area contributed by atoms with Crippen LogP contribution in [0.2, 0.25) is 0 Å². The van der Waals surface area contributed by atoms with Crippen molar-refractivity contribution >= 4 is 40.8 Å². The first-order valence-electron chi connectivity index (χ1n) is 10.5. The third-order valence-corrected chi connectivity index (χ3v) is 5.17. The average Bonchev–Trinajstić information content (AvgIpc) is 3.21. The lowest BCUT2D eigenvalue weighted by atomic mass is 10.1. The maximum atomic E-state index is 5.44. The second-order valence-corrected chi connectivity index (χ2v) is 7.22. The average molecular weight is 552 g/mol. The Morgan fingerprint density at radius 3 is 2.38 bits per heavy atom. The monoisotopic (exact) mass is 552 g/mol. The lowest BCUT2D eigenvalue weighted by molar-refractivity contribution is 0.324. The van der Waals surface area contributed by atoms with Crippen LogP contribution in [0.3, 0.4) is 0 Å². The summed E-state index contributed by atoms with van der Waals surface area (Å²) in [7, 11) is 4.82. The highest BCUT2D eigenvalue weighted by Gasteiger charge is 2.13. The Morgan fingerprint density at radius 2 is 1.75 bits per heavy atom. The van der Waals surface area contributed by atoms with Crippen LogP contribution in [-0.2, 0) is 13.0 Å². The first-order valence-corrected chi connectivity index (χ1v) is 10.5. The zero-order valence-corrected chi connectivity index (χ0v) is 21.7. The van der Waals surface area contributed by atoms with E-state index in [4.69, 9.17) is 19.2 Å². The molecule has 0 spiro atoms. The Hall–Kier alpha value is -2.62. The molecule has 0 amide bonds. The number of methoxy groups -OCH3 is 3. The van der Waals surface area contributed by atoms with Gasteiger partial charge in [0.2, 0.25) is 5.75 Å². The summed E-state index contributed by atoms with van der Waals surface area (Å²) in [6, 6.07) is 10.2. The molecule has 174 valence electrons. The van der Waals surface area contributed by atoms with Crippen molar-refractivity contribution in [1.29, 1.82) is 0 Å². The smallest absolute Gasteiger partial charge is 0.203 e. The summed E-state index contributed by atoms with van der Waals surface area (Å²) in [5.74, 6) is 2.60. The predicted octanol–water partition coefficient (Wildman–Crippen LogP) is 4.42. The lowest BCUT2D eigenvalue weighted by Crippen LogP contribution is -2.38. The number of aromatic nitrogens is 1. The van der Waals surface area contributed by atoms with E-state index in [1.165, 1.54) is 22.0 Å². The van der Waals surface area contributed by atoms with E-state index >= 15 is 0 Å². The molecule has 0 saturated heterocycles. The number of fused-ring (bicyclic) bond motifs is 1. The van der Waals surface area contributed by atoms with Crippen LogP contribution in [0.1, 0.15) is 23.6 Å². The number of aryl methyl sites for hydroxylation is 1. The first kappa shape index (κ1) is 25.6. The van der Waals surface area contributed by atoms with Gasteiger partial charge in [0.25, 0.3) is 0 Å². The highest BCUT2D eigenvalue weighted by Crippen LogP contribution is 2.38. The minimum Gasteiger partial charge on any atom is -0.493 e. The molecule has 0 fully saturated rings. The van der Waals surface area contributed by atoms with Crippen molar-refractivity contribution < 1.29 is 14.2 Å². The van der Waals surface area contributed by atoms with Crippen LogP contribution in [0.5, 0.6) is 17.2 Å². The SMILES string of the molecule is CCNC(=NCc1cc(OC)c(OC)c(OC)c1)NCCc1c[nH]c2cccc(C)c12.I. The second-order valence-electron chi connectivity index (χ2n) is 7.22. The number of rotatable bonds is 9. The zero-order valence-electron chi connectivity index (χ0n) is 19.4. The highest BCUT2D eigenvalue weighted by atomic mass is 127. The van der Waals surface area contributed by atoms with Crippen molar-refractivity contribution in [3.05, 3.63) is 53.2 Å². The molecular weight excluding hydrogens is 519 g/mol. The summed E-state index contributed by atoms with van der Waals surface area (Å²) in [5.41, 5.74) is 4.75. The van der Waals surface area contributed by atoms with Crippen LogP contribution in [0, 0.1) is 6.92 Å². The summed E-state index contributed by atoms with van der Waals surface area (Å²) >= 11 is 0. The molecule has 0 saturated carbocycles. The number of hydrogen-bond acceptors (Lipinski definition) is 4. The molecule has 7 nitrogen and oxygen atoms in total. The number of halogens is 1. The molecule has 1 aromatic heterocycles. The maximum Gasteiger partial charge on any atom is 0.203 e. The standard InChI is InChI=1S/C24H32N4O3.HI/c1-6-25-24(26-11-10-18-15-27-19-9-7-8-16(2)22(18)19)28-14-17-12-20(29-3)23(31-5)21(13-17)30-4;/h7-9,12-13,15,27H,6,10-11,14H2,1-5H3,(H2,25,26,28);1H. The summed E-state index contributed by atoms with van der Waals surface area (Å²) in [5, 5.41) is 8.05. The quantitative estimate of drug-likeness (QED) is 0.208. The minimum absolute atomic E-state index is 0. The van der Waals surface area contributed by atoms with E-state index in [1.807, 2.05) is 12.1 Å². The van der Waals surface area contributed by atoms with Crippen LogP contribution < -0.4 is 24.8 Å². The van der Waals surface area contributed by atoms with Crippen LogP contribution in [0.15, 0.2) is 41.5 Å². The molecule has 32 heavy (non-hydrogen) atoms. The van der Waals surface area contributed by atoms with E-state index in [1.54, 1.807) is 21.3 Å². The zero-order chi connectivity index (χ0) is 22.2. The van der Waals surface area contributed by atoms with E-state index in [-0.39, 0.29) is 24.0 Å². The molecular formula is C24H33IN4O3. The summed E-state index contributed by atoms with van der Waals surface area (Å²) in [4.78, 5) is 8.09. The molecule has 0 atom stereocenters. The van der Waals surface area contributed by atoms with Gasteiger partial charge in [0.15, 0.2) is 17.5 Å². The van der Waals surface area contributed by atoms with Gasteiger partial charge in [-0.2, -0.15) is 0 Å². The van der Waals surface area contributed by atoms with E-state index in [0.717, 1.165) is 31.0 Å². The highest BCUT2D eigenvalue weighted by molar-refractivity contribution is 14.0. The van der Waals surface area contributed by atoms with Crippen molar-refractivity contribution in [3.63, 3.8) is 0 Å². The van der Waals surface area contributed by atoms with Crippen LogP contribution >= 0.6 is 24.0 Å². The summed E-state index contributed by atoms with van der Waals surface area (Å²) in [6.45, 7) is 6.25. The molecule has 0 radical (unpaired) electrons. The number of nitrogens with one attached hydrogen (secondary N) is 3. The van der Waals surface area contributed by atoms with E-state index < -0.39 is 0 Å². The Balaban J connectivity index is 0.00000363. The summed E-state index contributed by atoms with van der Waals surface area (Å²) in [6.07, 6.45) is 3.00. The molecule has 0 aliphatic rings. The van der Waals surface area contributed by atoms with Gasteiger partial charge in [-0.25, -0.2) is 4.99 Å². The lowest BCUT2D eigenvalue weighted by Gasteiger charge is -2.14. The van der Waals surface area contributed by atoms with Crippen molar-refractivity contribution in [2.75, 3.05) is 34.4 Å². The summed E-state index contributed by atoms with van der Waals surface area (Å²) < 4.78 is 16.3. The fourth-order valence-electron chi connectivity index (χ4n) is 3.70. The molecule has 3 aromatic rings. The van der Waals surface area contributed by atoms with Gasteiger partial charge in [-0.3, -0.25) is 0 Å². The largest absolute Gasteiger partial charge is 0.493 e. The Morgan fingerprint density at radius 1 is 1.03 bits per heavy atom. The fourth-order valence-corrected chi connectivity index (χ4v) is 3.70. The third kappa shape index (κ3) is 5.99. The number of aromatic amines is 1. The topological polar surface area (TPSA) is 79.9 Å². The maximum absolute atomic E-state index is 5.44. The van der Waals surface area contributed by atoms with Crippen LogP contribution in [-0.4, -0.2) is 45.4 Å². The minimum atomic E-state index is 0. The second kappa shape index (κ2) is 12.4. The molecule has 3 N–H and O–H groups in total. The Kier molecular flexibility index (Phi) is 9.96. The predicted molar refractivity (Wildman–Crippen MR) is 141 cm³/mol. The van der Waals surface area contributed by atoms with E-state index in [0.29, 0.717) is 23.8 Å². The molecule has 1 heterocycles. The van der Waals surface area contributed by atoms with Crippen molar-refractivity contribution in [3.8, 4) is 17.2 Å². The number of ether oxygens (including phenoxy) is 3. The van der Waals surface area contributed by atoms with Crippen LogP contribution in [0.25, 0.3) is 10.9 Å². The fraction of sp³-hybridized carbons (Fsp3) is 0.375. The van der Waals surface area contributed by atoms with Crippen LogP contribution in [0.4, 0.5) is 0 Å². The van der Waals surface area contributed by atoms with Gasteiger partial charge in [-0.1, -0.05) is 12.1 Å². The Labute approximate surface area is 207 Å². The normalized spacial score (nSPS) is 11.1. The number of benzene rings is 2. The molecule has 3 rings (SSSR count). The number of aliphatic imine (C=N–C) groups is 1. The van der Waals surface area contributed by atoms with Gasteiger partial charge in [0, 0.05) is 30.2 Å². The molecule has 0 bridgehead atoms. The van der Waals surface area contributed by atoms with Gasteiger partial charge in [-0.15, -0.1) is 24.0 Å². The van der Waals surface area contributed by atoms with Crippen molar-refractivity contribution in [2.45, 2.75) is 26.8 Å². The van der Waals surface area contributed by atoms with Crippen molar-refractivity contribution in [2.24, 2.45) is 4.99 Å².